The van der Waals surface area contributed by atoms with Crippen LogP contribution in [-0.4, -0.2) is 69.6 Å². The number of aliphatic hydroxyl groups is 3. The quantitative estimate of drug-likeness (QED) is 0.289. The van der Waals surface area contributed by atoms with Gasteiger partial charge in [-0.1, -0.05) is 19.3 Å². The molecule has 0 aromatic carbocycles. The maximum absolute atomic E-state index is 12.2. The zero-order valence-electron chi connectivity index (χ0n) is 14.6. The number of primary amides is 1. The number of carbonyl (C=O) groups excluding carboxylic acids is 3. The standard InChI is InChI=1S/C16H28N4O6/c17-12(22)8-18-14(24)16(26)6-10(13(23)11(21)7-16)20-15(25)19-9-4-2-1-3-5-9/h9-11,13,21,23,26H,1-8H2,(H2,17,22)(H,18,24)(H2,19,20,25). The molecule has 8 N–H and O–H groups in total. The van der Waals surface area contributed by atoms with Gasteiger partial charge in [0.25, 0.3) is 5.91 Å². The Bertz CT molecular complexity index is 539. The van der Waals surface area contributed by atoms with E-state index in [2.05, 4.69) is 16.0 Å². The van der Waals surface area contributed by atoms with Gasteiger partial charge in [0.15, 0.2) is 0 Å². The third-order valence-corrected chi connectivity index (χ3v) is 5.01. The molecule has 2 saturated carbocycles. The van der Waals surface area contributed by atoms with Crippen molar-refractivity contribution < 1.29 is 29.7 Å². The van der Waals surface area contributed by atoms with E-state index < -0.39 is 54.7 Å². The second-order valence-corrected chi connectivity index (χ2v) is 7.21. The van der Waals surface area contributed by atoms with Crippen molar-refractivity contribution in [3.8, 4) is 0 Å². The predicted octanol–water partition coefficient (Wildman–Crippen LogP) is -2.16. The summed E-state index contributed by atoms with van der Waals surface area (Å²) in [5, 5.41) is 38.2. The van der Waals surface area contributed by atoms with Gasteiger partial charge in [0, 0.05) is 18.9 Å². The second-order valence-electron chi connectivity index (χ2n) is 7.21. The van der Waals surface area contributed by atoms with Gasteiger partial charge in [-0.3, -0.25) is 9.59 Å². The van der Waals surface area contributed by atoms with Gasteiger partial charge in [-0.15, -0.1) is 0 Å². The Hall–Kier alpha value is -1.91. The minimum atomic E-state index is -2.03. The van der Waals surface area contributed by atoms with Crippen LogP contribution >= 0.6 is 0 Å². The second kappa shape index (κ2) is 8.65. The minimum absolute atomic E-state index is 0.0483. The highest BCUT2D eigenvalue weighted by atomic mass is 16.3. The summed E-state index contributed by atoms with van der Waals surface area (Å²) in [5.41, 5.74) is 2.92. The zero-order chi connectivity index (χ0) is 19.3. The highest BCUT2D eigenvalue weighted by molar-refractivity contribution is 5.89. The molecule has 0 aliphatic heterocycles. The number of nitrogens with two attached hydrogens (primary N) is 1. The van der Waals surface area contributed by atoms with Crippen molar-refractivity contribution in [1.82, 2.24) is 16.0 Å². The number of aliphatic hydroxyl groups excluding tert-OH is 2. The van der Waals surface area contributed by atoms with Gasteiger partial charge in [-0.25, -0.2) is 4.79 Å². The summed E-state index contributed by atoms with van der Waals surface area (Å²) >= 11 is 0. The first-order valence-corrected chi connectivity index (χ1v) is 8.93. The van der Waals surface area contributed by atoms with Gasteiger partial charge < -0.3 is 37.0 Å². The molecule has 10 heteroatoms. The van der Waals surface area contributed by atoms with E-state index in [9.17, 15) is 29.7 Å². The Kier molecular flexibility index (Phi) is 6.79. The van der Waals surface area contributed by atoms with Crippen LogP contribution in [-0.2, 0) is 9.59 Å². The van der Waals surface area contributed by atoms with Crippen molar-refractivity contribution in [1.29, 1.82) is 0 Å². The first-order chi connectivity index (χ1) is 12.2. The third kappa shape index (κ3) is 5.29. The first-order valence-electron chi connectivity index (χ1n) is 8.93. The molecule has 4 atom stereocenters. The minimum Gasteiger partial charge on any atom is -0.390 e. The number of hydrogen-bond donors (Lipinski definition) is 7. The van der Waals surface area contributed by atoms with Crippen molar-refractivity contribution in [2.45, 2.75) is 74.8 Å². The lowest BCUT2D eigenvalue weighted by Crippen LogP contribution is -2.64. The van der Waals surface area contributed by atoms with Gasteiger partial charge >= 0.3 is 6.03 Å². The molecule has 2 aliphatic carbocycles. The highest BCUT2D eigenvalue weighted by Crippen LogP contribution is 2.29. The van der Waals surface area contributed by atoms with Gasteiger partial charge in [-0.2, -0.15) is 0 Å². The fraction of sp³-hybridized carbons (Fsp3) is 0.812. The van der Waals surface area contributed by atoms with Crippen molar-refractivity contribution in [3.05, 3.63) is 0 Å². The molecule has 2 aliphatic rings. The van der Waals surface area contributed by atoms with Crippen LogP contribution in [0.15, 0.2) is 0 Å². The lowest BCUT2D eigenvalue weighted by Gasteiger charge is -2.41. The summed E-state index contributed by atoms with van der Waals surface area (Å²) in [6.45, 7) is -0.458. The van der Waals surface area contributed by atoms with Crippen LogP contribution in [0, 0.1) is 0 Å². The molecule has 2 fully saturated rings. The molecular formula is C16H28N4O6. The van der Waals surface area contributed by atoms with Crippen LogP contribution in [0.3, 0.4) is 0 Å². The lowest BCUT2D eigenvalue weighted by atomic mass is 9.77. The van der Waals surface area contributed by atoms with Gasteiger partial charge in [-0.05, 0) is 12.8 Å². The number of rotatable bonds is 5. The summed E-state index contributed by atoms with van der Waals surface area (Å²) in [5.74, 6) is -1.67. The Balaban J connectivity index is 1.96. The van der Waals surface area contributed by atoms with Crippen LogP contribution in [0.4, 0.5) is 4.79 Å². The molecular weight excluding hydrogens is 344 g/mol. The zero-order valence-corrected chi connectivity index (χ0v) is 14.6. The summed E-state index contributed by atoms with van der Waals surface area (Å²) in [6.07, 6.45) is 1.52. The Morgan fingerprint density at radius 2 is 1.69 bits per heavy atom. The molecule has 0 aromatic rings. The number of amides is 4. The van der Waals surface area contributed by atoms with E-state index in [1.54, 1.807) is 0 Å². The fourth-order valence-corrected chi connectivity index (χ4v) is 3.60. The van der Waals surface area contributed by atoms with E-state index in [0.717, 1.165) is 32.1 Å². The SMILES string of the molecule is NC(=O)CNC(=O)C1(O)CC(O)C(O)C(NC(=O)NC2CCCCC2)C1. The molecule has 4 amide bonds. The van der Waals surface area contributed by atoms with E-state index >= 15 is 0 Å². The number of urea groups is 1. The average molecular weight is 372 g/mol. The molecule has 2 rings (SSSR count). The molecule has 0 radical (unpaired) electrons. The number of carbonyl (C=O) groups is 3. The third-order valence-electron chi connectivity index (χ3n) is 5.01. The van der Waals surface area contributed by atoms with Gasteiger partial charge in [0.2, 0.25) is 5.91 Å². The van der Waals surface area contributed by atoms with Crippen LogP contribution in [0.2, 0.25) is 0 Å². The summed E-state index contributed by atoms with van der Waals surface area (Å²) < 4.78 is 0. The molecule has 0 heterocycles. The summed E-state index contributed by atoms with van der Waals surface area (Å²) in [6, 6.07) is -1.49. The summed E-state index contributed by atoms with van der Waals surface area (Å²) in [4.78, 5) is 35.1. The van der Waals surface area contributed by atoms with Crippen LogP contribution in [0.25, 0.3) is 0 Å². The molecule has 10 nitrogen and oxygen atoms in total. The summed E-state index contributed by atoms with van der Waals surface area (Å²) in [7, 11) is 0. The fourth-order valence-electron chi connectivity index (χ4n) is 3.60. The molecule has 148 valence electrons. The molecule has 0 aromatic heterocycles. The Morgan fingerprint density at radius 3 is 2.31 bits per heavy atom. The topological polar surface area (TPSA) is 174 Å². The smallest absolute Gasteiger partial charge is 0.315 e. The molecule has 26 heavy (non-hydrogen) atoms. The Morgan fingerprint density at radius 1 is 1.04 bits per heavy atom. The van der Waals surface area contributed by atoms with Crippen LogP contribution < -0.4 is 21.7 Å². The van der Waals surface area contributed by atoms with Gasteiger partial charge in [0.05, 0.1) is 18.7 Å². The monoisotopic (exact) mass is 372 g/mol. The largest absolute Gasteiger partial charge is 0.390 e. The highest BCUT2D eigenvalue weighted by Gasteiger charge is 2.49. The van der Waals surface area contributed by atoms with Crippen molar-refractivity contribution >= 4 is 17.8 Å². The maximum atomic E-state index is 12.2. The number of hydrogen-bond acceptors (Lipinski definition) is 6. The van der Waals surface area contributed by atoms with Crippen LogP contribution in [0.1, 0.15) is 44.9 Å². The van der Waals surface area contributed by atoms with E-state index in [1.807, 2.05) is 0 Å². The van der Waals surface area contributed by atoms with Crippen molar-refractivity contribution in [2.75, 3.05) is 6.54 Å². The van der Waals surface area contributed by atoms with E-state index in [4.69, 9.17) is 5.73 Å². The molecule has 0 spiro atoms. The van der Waals surface area contributed by atoms with E-state index in [1.165, 1.54) is 0 Å². The van der Waals surface area contributed by atoms with E-state index in [-0.39, 0.29) is 12.5 Å². The predicted molar refractivity (Wildman–Crippen MR) is 90.7 cm³/mol. The van der Waals surface area contributed by atoms with Crippen molar-refractivity contribution in [2.24, 2.45) is 5.73 Å². The van der Waals surface area contributed by atoms with Gasteiger partial charge in [0.1, 0.15) is 11.7 Å². The molecule has 0 bridgehead atoms. The van der Waals surface area contributed by atoms with Crippen LogP contribution in [0.5, 0.6) is 0 Å². The van der Waals surface area contributed by atoms with E-state index in [0.29, 0.717) is 0 Å². The molecule has 0 saturated heterocycles. The first kappa shape index (κ1) is 20.4. The Labute approximate surface area is 151 Å². The average Bonchev–Trinajstić information content (AvgIpc) is 2.58. The normalized spacial score (nSPS) is 32.5. The maximum Gasteiger partial charge on any atom is 0.315 e. The van der Waals surface area contributed by atoms with Crippen molar-refractivity contribution in [3.63, 3.8) is 0 Å². The lowest BCUT2D eigenvalue weighted by molar-refractivity contribution is -0.157. The molecule has 4 unspecified atom stereocenters. The number of nitrogens with one attached hydrogen (secondary N) is 3.